The Balaban J connectivity index is 1.77. The number of pyridine rings is 1. The largest absolute Gasteiger partial charge is 0.622 e. The van der Waals surface area contributed by atoms with Crippen LogP contribution in [-0.4, -0.2) is 61.0 Å². The molecule has 0 amide bonds. The van der Waals surface area contributed by atoms with E-state index in [-0.39, 0.29) is 34.0 Å². The molecule has 2 aromatic rings. The highest BCUT2D eigenvalue weighted by atomic mass is 32.2. The van der Waals surface area contributed by atoms with Crippen molar-refractivity contribution >= 4 is 32.3 Å². The second-order valence-electron chi connectivity index (χ2n) is 10.8. The number of esters is 1. The smallest absolute Gasteiger partial charge is 0.361 e. The van der Waals surface area contributed by atoms with Gasteiger partial charge in [0.25, 0.3) is 11.4 Å². The minimum Gasteiger partial charge on any atom is -0.622 e. The molecule has 1 fully saturated rings. The molecule has 40 heavy (non-hydrogen) atoms. The second-order valence-corrected chi connectivity index (χ2v) is 14.1. The Morgan fingerprint density at radius 2 is 1.75 bits per heavy atom. The van der Waals surface area contributed by atoms with Gasteiger partial charge in [0.05, 0.1) is 18.5 Å². The van der Waals surface area contributed by atoms with E-state index in [9.17, 15) is 18.4 Å². The van der Waals surface area contributed by atoms with Crippen LogP contribution in [0.4, 0.5) is 5.13 Å². The summed E-state index contributed by atoms with van der Waals surface area (Å²) >= 11 is 0.899. The van der Waals surface area contributed by atoms with Crippen LogP contribution < -0.4 is 4.65 Å². The van der Waals surface area contributed by atoms with E-state index < -0.39 is 26.7 Å². The molecular weight excluding hydrogens is 548 g/mol. The summed E-state index contributed by atoms with van der Waals surface area (Å²) in [6, 6.07) is 3.65. The molecule has 1 saturated heterocycles. The van der Waals surface area contributed by atoms with Crippen LogP contribution in [0.3, 0.4) is 0 Å². The molecule has 1 aliphatic rings. The van der Waals surface area contributed by atoms with Crippen LogP contribution in [0, 0.1) is 5.21 Å². The maximum Gasteiger partial charge on any atom is 0.361 e. The number of aryl methyl sites for hydroxylation is 1. The van der Waals surface area contributed by atoms with Crippen LogP contribution in [0.1, 0.15) is 107 Å². The average molecular weight is 595 g/mol. The fraction of sp³-hybridized carbons (Fsp3) is 0.690. The van der Waals surface area contributed by atoms with Gasteiger partial charge in [0, 0.05) is 12.7 Å². The highest BCUT2D eigenvalue weighted by Gasteiger charge is 2.46. The Labute approximate surface area is 244 Å². The summed E-state index contributed by atoms with van der Waals surface area (Å²) in [4.78, 5) is 23.7. The minimum absolute atomic E-state index is 0.0372. The summed E-state index contributed by atoms with van der Waals surface area (Å²) in [7, 11) is -3.53. The van der Waals surface area contributed by atoms with E-state index in [0.717, 1.165) is 81.1 Å². The van der Waals surface area contributed by atoms with Gasteiger partial charge in [-0.3, -0.25) is 4.65 Å². The number of carbonyl (C=O) groups is 1. The summed E-state index contributed by atoms with van der Waals surface area (Å²) in [6.45, 7) is 7.37. The molecule has 0 aromatic carbocycles. The maximum atomic E-state index is 14.3. The number of hydroxylamine groups is 2. The van der Waals surface area contributed by atoms with Crippen molar-refractivity contribution in [2.45, 2.75) is 108 Å². The van der Waals surface area contributed by atoms with Crippen molar-refractivity contribution in [3.8, 4) is 0 Å². The first-order chi connectivity index (χ1) is 19.2. The van der Waals surface area contributed by atoms with Gasteiger partial charge in [0.1, 0.15) is 16.6 Å². The van der Waals surface area contributed by atoms with E-state index >= 15 is 0 Å². The SMILES string of the molecule is CCCCCCc1ccnc(C(=O)OC2CN(CCCCC)C[N+]2([O-])c2ncc(S(=O)(=O)CCCCCC)s2)c1. The van der Waals surface area contributed by atoms with Gasteiger partial charge in [-0.15, -0.1) is 0 Å². The van der Waals surface area contributed by atoms with Gasteiger partial charge in [0.2, 0.25) is 0 Å². The Bertz CT molecular complexity index is 1170. The second kappa shape index (κ2) is 15.9. The molecule has 2 aromatic heterocycles. The van der Waals surface area contributed by atoms with Gasteiger partial charge in [0.15, 0.2) is 9.84 Å². The third-order valence-electron chi connectivity index (χ3n) is 7.33. The first-order valence-corrected chi connectivity index (χ1v) is 17.4. The van der Waals surface area contributed by atoms with E-state index in [4.69, 9.17) is 4.74 Å². The highest BCUT2D eigenvalue weighted by Crippen LogP contribution is 2.37. The van der Waals surface area contributed by atoms with Crippen LogP contribution >= 0.6 is 11.3 Å². The van der Waals surface area contributed by atoms with Crippen LogP contribution in [0.25, 0.3) is 0 Å². The van der Waals surface area contributed by atoms with Crippen LogP contribution in [0.2, 0.25) is 0 Å². The number of unbranched alkanes of at least 4 members (excludes halogenated alkanes) is 8. The number of ether oxygens (including phenoxy) is 1. The standard InChI is InChI=1S/C29H46N4O5S2/c1-4-7-10-12-15-24-16-17-30-25(20-24)28(34)38-26-22-32(18-13-9-6-3)23-33(26,35)29-31-21-27(39-29)40(36,37)19-14-11-8-5-2/h16-17,20-21,26H,4-15,18-19,22-23H2,1-3H3. The van der Waals surface area contributed by atoms with Crippen molar-refractivity contribution in [3.05, 3.63) is 41.0 Å². The predicted molar refractivity (Wildman–Crippen MR) is 161 cm³/mol. The summed E-state index contributed by atoms with van der Waals surface area (Å²) in [5, 5.41) is 14.4. The molecule has 2 unspecified atom stereocenters. The molecule has 0 spiro atoms. The number of thiazole rings is 1. The van der Waals surface area contributed by atoms with Crippen molar-refractivity contribution in [2.24, 2.45) is 0 Å². The molecule has 0 saturated carbocycles. The number of hydrogen-bond donors (Lipinski definition) is 0. The molecular formula is C29H46N4O5S2. The molecule has 0 aliphatic carbocycles. The zero-order valence-electron chi connectivity index (χ0n) is 24.3. The fourth-order valence-electron chi connectivity index (χ4n) is 4.92. The molecule has 3 rings (SSSR count). The average Bonchev–Trinajstić information content (AvgIpc) is 3.56. The first kappa shape index (κ1) is 32.6. The summed E-state index contributed by atoms with van der Waals surface area (Å²) in [6.07, 6.45) is 13.6. The normalized spacial score (nSPS) is 19.8. The molecule has 0 radical (unpaired) electrons. The predicted octanol–water partition coefficient (Wildman–Crippen LogP) is 6.47. The maximum absolute atomic E-state index is 14.3. The Morgan fingerprint density at radius 3 is 2.48 bits per heavy atom. The third-order valence-corrected chi connectivity index (χ3v) is 10.8. The lowest BCUT2D eigenvalue weighted by Gasteiger charge is -2.38. The van der Waals surface area contributed by atoms with Crippen LogP contribution in [0.15, 0.2) is 28.7 Å². The van der Waals surface area contributed by atoms with E-state index in [1.807, 2.05) is 11.0 Å². The number of nitrogens with zero attached hydrogens (tertiary/aromatic N) is 4. The third kappa shape index (κ3) is 9.04. The van der Waals surface area contributed by atoms with Gasteiger partial charge in [-0.25, -0.2) is 23.1 Å². The molecule has 224 valence electrons. The first-order valence-electron chi connectivity index (χ1n) is 14.9. The van der Waals surface area contributed by atoms with Gasteiger partial charge in [-0.05, 0) is 54.7 Å². The minimum atomic E-state index is -3.53. The molecule has 1 aliphatic heterocycles. The number of carbonyl (C=O) groups excluding carboxylic acids is 1. The quantitative estimate of drug-likeness (QED) is 0.0836. The van der Waals surface area contributed by atoms with Gasteiger partial charge in [-0.2, -0.15) is 4.98 Å². The number of aromatic nitrogens is 2. The van der Waals surface area contributed by atoms with Gasteiger partial charge < -0.3 is 9.94 Å². The lowest BCUT2D eigenvalue weighted by molar-refractivity contribution is 0.00497. The van der Waals surface area contributed by atoms with Crippen molar-refractivity contribution in [2.75, 3.05) is 25.5 Å². The van der Waals surface area contributed by atoms with E-state index in [0.29, 0.717) is 13.0 Å². The van der Waals surface area contributed by atoms with E-state index in [2.05, 4.69) is 30.7 Å². The van der Waals surface area contributed by atoms with Gasteiger partial charge >= 0.3 is 5.97 Å². The van der Waals surface area contributed by atoms with E-state index in [1.54, 1.807) is 12.3 Å². The van der Waals surface area contributed by atoms with Gasteiger partial charge in [-0.1, -0.05) is 72.1 Å². The highest BCUT2D eigenvalue weighted by molar-refractivity contribution is 7.93. The molecule has 9 nitrogen and oxygen atoms in total. The lowest BCUT2D eigenvalue weighted by atomic mass is 10.1. The Kier molecular flexibility index (Phi) is 13.0. The number of rotatable bonds is 18. The summed E-state index contributed by atoms with van der Waals surface area (Å²) in [5.74, 6) is -0.607. The molecule has 3 heterocycles. The zero-order chi connectivity index (χ0) is 29.0. The topological polar surface area (TPSA) is 113 Å². The summed E-state index contributed by atoms with van der Waals surface area (Å²) in [5.41, 5.74) is 1.20. The van der Waals surface area contributed by atoms with E-state index in [1.165, 1.54) is 12.6 Å². The fourth-order valence-corrected chi connectivity index (χ4v) is 7.62. The van der Waals surface area contributed by atoms with Crippen LogP contribution in [0.5, 0.6) is 0 Å². The summed E-state index contributed by atoms with van der Waals surface area (Å²) < 4.78 is 30.7. The number of quaternary nitrogens is 1. The van der Waals surface area contributed by atoms with Crippen LogP contribution in [-0.2, 0) is 21.0 Å². The molecule has 2 atom stereocenters. The number of hydrogen-bond acceptors (Lipinski definition) is 9. The molecule has 0 bridgehead atoms. The lowest BCUT2D eigenvalue weighted by Crippen LogP contribution is -2.50. The Morgan fingerprint density at radius 1 is 1.05 bits per heavy atom. The Hall–Kier alpha value is -1.92. The van der Waals surface area contributed by atoms with Crippen molar-refractivity contribution in [3.63, 3.8) is 0 Å². The zero-order valence-corrected chi connectivity index (χ0v) is 26.0. The molecule has 0 N–H and O–H groups in total. The number of sulfone groups is 1. The van der Waals surface area contributed by atoms with Crippen molar-refractivity contribution < 1.29 is 17.9 Å². The van der Waals surface area contributed by atoms with Crippen molar-refractivity contribution in [1.82, 2.24) is 19.5 Å². The molecule has 11 heteroatoms. The monoisotopic (exact) mass is 594 g/mol. The van der Waals surface area contributed by atoms with Crippen molar-refractivity contribution in [1.29, 1.82) is 0 Å².